The number of hydrogen-bond acceptors (Lipinski definition) is 6. The first-order valence-electron chi connectivity index (χ1n) is 11.3. The van der Waals surface area contributed by atoms with Crippen molar-refractivity contribution in [3.8, 4) is 11.5 Å². The fraction of sp³-hybridized carbons (Fsp3) is 0.400. The van der Waals surface area contributed by atoms with Gasteiger partial charge in [-0.2, -0.15) is 0 Å². The van der Waals surface area contributed by atoms with E-state index < -0.39 is 0 Å². The number of carbonyl (C=O) groups is 3. The van der Waals surface area contributed by atoms with Gasteiger partial charge in [-0.15, -0.1) is 0 Å². The van der Waals surface area contributed by atoms with E-state index in [0.29, 0.717) is 34.3 Å². The van der Waals surface area contributed by atoms with Crippen LogP contribution < -0.4 is 19.7 Å². The summed E-state index contributed by atoms with van der Waals surface area (Å²) in [6, 6.07) is 9.98. The molecule has 1 aliphatic heterocycles. The molecular weight excluding hydrogens is 458 g/mol. The van der Waals surface area contributed by atoms with Crippen LogP contribution in [0.15, 0.2) is 36.4 Å². The minimum absolute atomic E-state index is 0.147. The molecule has 9 heteroatoms. The van der Waals surface area contributed by atoms with Crippen LogP contribution in [-0.2, 0) is 9.59 Å². The van der Waals surface area contributed by atoms with Gasteiger partial charge < -0.3 is 19.7 Å². The number of halogens is 1. The SMILES string of the molecule is CCN(CC)CCNC(=O)CN1C(=O)COc2ccc(C(=O)COc3ccc(Cl)c(C)c3)cc21. The molecular formula is C25H30ClN3O5. The number of aryl methyl sites for hydroxylation is 1. The summed E-state index contributed by atoms with van der Waals surface area (Å²) >= 11 is 6.03. The number of nitrogens with zero attached hydrogens (tertiary/aromatic N) is 2. The maximum atomic E-state index is 12.7. The van der Waals surface area contributed by atoms with Gasteiger partial charge in [-0.3, -0.25) is 19.3 Å². The number of Topliss-reactive ketones (excluding diaryl/α,β-unsaturated/α-hetero) is 1. The Bertz CT molecular complexity index is 1050. The highest BCUT2D eigenvalue weighted by atomic mass is 35.5. The third-order valence-electron chi connectivity index (χ3n) is 5.67. The number of carbonyl (C=O) groups excluding carboxylic acids is 3. The maximum absolute atomic E-state index is 12.7. The van der Waals surface area contributed by atoms with Crippen molar-refractivity contribution in [2.45, 2.75) is 20.8 Å². The number of anilines is 1. The zero-order valence-corrected chi connectivity index (χ0v) is 20.5. The Hall–Kier alpha value is -3.10. The summed E-state index contributed by atoms with van der Waals surface area (Å²) in [5, 5.41) is 3.47. The third-order valence-corrected chi connectivity index (χ3v) is 6.09. The van der Waals surface area contributed by atoms with Crippen molar-refractivity contribution in [3.63, 3.8) is 0 Å². The van der Waals surface area contributed by atoms with Gasteiger partial charge in [0.15, 0.2) is 19.0 Å². The van der Waals surface area contributed by atoms with Crippen LogP contribution in [0.3, 0.4) is 0 Å². The Balaban J connectivity index is 1.66. The van der Waals surface area contributed by atoms with E-state index in [9.17, 15) is 14.4 Å². The molecule has 0 atom stereocenters. The molecule has 0 unspecified atom stereocenters. The van der Waals surface area contributed by atoms with Crippen LogP contribution in [-0.4, -0.2) is 68.4 Å². The molecule has 2 aromatic carbocycles. The Kier molecular flexibility index (Phi) is 8.90. The number of nitrogens with one attached hydrogen (secondary N) is 1. The monoisotopic (exact) mass is 487 g/mol. The topological polar surface area (TPSA) is 88.2 Å². The van der Waals surface area contributed by atoms with E-state index in [4.69, 9.17) is 21.1 Å². The minimum Gasteiger partial charge on any atom is -0.485 e. The zero-order valence-electron chi connectivity index (χ0n) is 19.7. The summed E-state index contributed by atoms with van der Waals surface area (Å²) in [4.78, 5) is 41.3. The average molecular weight is 488 g/mol. The molecule has 8 nitrogen and oxygen atoms in total. The van der Waals surface area contributed by atoms with E-state index in [-0.39, 0.29) is 37.4 Å². The second kappa shape index (κ2) is 11.9. The molecule has 0 radical (unpaired) electrons. The van der Waals surface area contributed by atoms with Crippen LogP contribution in [0.1, 0.15) is 29.8 Å². The predicted molar refractivity (Wildman–Crippen MR) is 131 cm³/mol. The molecule has 0 spiro atoms. The van der Waals surface area contributed by atoms with Crippen LogP contribution in [0.25, 0.3) is 0 Å². The number of hydrogen-bond donors (Lipinski definition) is 1. The van der Waals surface area contributed by atoms with Gasteiger partial charge in [-0.05, 0) is 62.0 Å². The number of ether oxygens (including phenoxy) is 2. The lowest BCUT2D eigenvalue weighted by atomic mass is 10.1. The van der Waals surface area contributed by atoms with Gasteiger partial charge in [0.05, 0.1) is 5.69 Å². The fourth-order valence-corrected chi connectivity index (χ4v) is 3.70. The Labute approximate surface area is 204 Å². The number of ketones is 1. The van der Waals surface area contributed by atoms with Gasteiger partial charge in [0, 0.05) is 23.7 Å². The predicted octanol–water partition coefficient (Wildman–Crippen LogP) is 3.09. The molecule has 0 bridgehead atoms. The van der Waals surface area contributed by atoms with Gasteiger partial charge in [0.1, 0.15) is 18.0 Å². The van der Waals surface area contributed by atoms with Gasteiger partial charge >= 0.3 is 0 Å². The summed E-state index contributed by atoms with van der Waals surface area (Å²) in [5.41, 5.74) is 1.60. The van der Waals surface area contributed by atoms with Crippen LogP contribution in [0.5, 0.6) is 11.5 Å². The van der Waals surface area contributed by atoms with E-state index >= 15 is 0 Å². The second-order valence-electron chi connectivity index (χ2n) is 7.95. The van der Waals surface area contributed by atoms with E-state index in [0.717, 1.165) is 25.2 Å². The van der Waals surface area contributed by atoms with E-state index in [1.54, 1.807) is 36.4 Å². The molecule has 3 rings (SSSR count). The maximum Gasteiger partial charge on any atom is 0.265 e. The van der Waals surface area contributed by atoms with Gasteiger partial charge in [-0.25, -0.2) is 0 Å². The molecule has 1 N–H and O–H groups in total. The summed E-state index contributed by atoms with van der Waals surface area (Å²) in [6.07, 6.45) is 0. The van der Waals surface area contributed by atoms with Crippen molar-refractivity contribution >= 4 is 34.9 Å². The first-order chi connectivity index (χ1) is 16.3. The number of fused-ring (bicyclic) bond motifs is 1. The summed E-state index contributed by atoms with van der Waals surface area (Å²) in [7, 11) is 0. The van der Waals surface area contributed by atoms with Gasteiger partial charge in [0.25, 0.3) is 5.91 Å². The minimum atomic E-state index is -0.344. The van der Waals surface area contributed by atoms with Crippen LogP contribution in [0.2, 0.25) is 5.02 Å². The fourth-order valence-electron chi connectivity index (χ4n) is 3.58. The molecule has 2 aromatic rings. The molecule has 1 aliphatic rings. The molecule has 0 saturated heterocycles. The van der Waals surface area contributed by atoms with Crippen molar-refractivity contribution in [2.75, 3.05) is 50.8 Å². The summed E-state index contributed by atoms with van der Waals surface area (Å²) < 4.78 is 11.1. The lowest BCUT2D eigenvalue weighted by Gasteiger charge is -2.29. The summed E-state index contributed by atoms with van der Waals surface area (Å²) in [5.74, 6) is 0.100. The second-order valence-corrected chi connectivity index (χ2v) is 8.36. The Morgan fingerprint density at radius 2 is 1.94 bits per heavy atom. The van der Waals surface area contributed by atoms with Crippen molar-refractivity contribution in [1.29, 1.82) is 0 Å². The first kappa shape index (κ1) is 25.5. The molecule has 0 saturated carbocycles. The standard InChI is InChI=1S/C25H30ClN3O5/c1-4-28(5-2)11-10-27-24(31)14-29-21-13-18(6-9-23(21)34-16-25(29)32)22(30)15-33-19-7-8-20(26)17(3)12-19/h6-9,12-13H,4-5,10-11,14-16H2,1-3H3,(H,27,31). The molecule has 1 heterocycles. The van der Waals surface area contributed by atoms with Crippen molar-refractivity contribution in [3.05, 3.63) is 52.5 Å². The number of amides is 2. The molecule has 0 aliphatic carbocycles. The molecule has 0 fully saturated rings. The normalized spacial score (nSPS) is 12.9. The van der Waals surface area contributed by atoms with Crippen LogP contribution in [0.4, 0.5) is 5.69 Å². The highest BCUT2D eigenvalue weighted by Gasteiger charge is 2.28. The number of rotatable bonds is 11. The van der Waals surface area contributed by atoms with Crippen molar-refractivity contribution in [2.24, 2.45) is 0 Å². The quantitative estimate of drug-likeness (QED) is 0.490. The van der Waals surface area contributed by atoms with E-state index in [2.05, 4.69) is 24.1 Å². The van der Waals surface area contributed by atoms with E-state index in [1.165, 1.54) is 4.90 Å². The first-order valence-corrected chi connectivity index (χ1v) is 11.7. The van der Waals surface area contributed by atoms with Gasteiger partial charge in [0.2, 0.25) is 5.91 Å². The van der Waals surface area contributed by atoms with Crippen molar-refractivity contribution in [1.82, 2.24) is 10.2 Å². The van der Waals surface area contributed by atoms with E-state index in [1.807, 2.05) is 6.92 Å². The highest BCUT2D eigenvalue weighted by molar-refractivity contribution is 6.31. The van der Waals surface area contributed by atoms with Crippen molar-refractivity contribution < 1.29 is 23.9 Å². The number of benzene rings is 2. The smallest absolute Gasteiger partial charge is 0.265 e. The summed E-state index contributed by atoms with van der Waals surface area (Å²) in [6.45, 7) is 8.53. The van der Waals surface area contributed by atoms with Crippen LogP contribution in [0, 0.1) is 6.92 Å². The van der Waals surface area contributed by atoms with Crippen LogP contribution >= 0.6 is 11.6 Å². The lowest BCUT2D eigenvalue weighted by Crippen LogP contribution is -2.46. The highest BCUT2D eigenvalue weighted by Crippen LogP contribution is 2.33. The molecule has 34 heavy (non-hydrogen) atoms. The zero-order chi connectivity index (χ0) is 24.7. The average Bonchev–Trinajstić information content (AvgIpc) is 2.84. The van der Waals surface area contributed by atoms with Gasteiger partial charge in [-0.1, -0.05) is 25.4 Å². The molecule has 2 amide bonds. The Morgan fingerprint density at radius 1 is 1.18 bits per heavy atom. The number of likely N-dealkylation sites (N-methyl/N-ethyl adjacent to an activating group) is 1. The third kappa shape index (κ3) is 6.48. The Morgan fingerprint density at radius 3 is 2.65 bits per heavy atom. The largest absolute Gasteiger partial charge is 0.485 e. The molecule has 0 aromatic heterocycles. The lowest BCUT2D eigenvalue weighted by molar-refractivity contribution is -0.125. The molecule has 182 valence electrons.